The van der Waals surface area contributed by atoms with Crippen molar-refractivity contribution in [3.63, 3.8) is 0 Å². The quantitative estimate of drug-likeness (QED) is 0.760. The van der Waals surface area contributed by atoms with Gasteiger partial charge in [-0.1, -0.05) is 35.9 Å². The molecule has 0 saturated carbocycles. The molecule has 0 aliphatic rings. The first-order chi connectivity index (χ1) is 11.5. The Morgan fingerprint density at radius 1 is 1.29 bits per heavy atom. The Labute approximate surface area is 143 Å². The predicted molar refractivity (Wildman–Crippen MR) is 91.6 cm³/mol. The fourth-order valence-corrected chi connectivity index (χ4v) is 2.99. The molecule has 1 heterocycles. The molecule has 0 radical (unpaired) electrons. The highest BCUT2D eigenvalue weighted by Gasteiger charge is 2.19. The van der Waals surface area contributed by atoms with Crippen LogP contribution in [0.2, 0.25) is 5.02 Å². The van der Waals surface area contributed by atoms with Gasteiger partial charge in [0.1, 0.15) is 5.82 Å². The number of carbonyl (C=O) groups is 1. The van der Waals surface area contributed by atoms with Gasteiger partial charge in [0.05, 0.1) is 16.7 Å². The van der Waals surface area contributed by atoms with Crippen molar-refractivity contribution in [1.82, 2.24) is 9.88 Å². The van der Waals surface area contributed by atoms with E-state index in [1.54, 1.807) is 0 Å². The van der Waals surface area contributed by atoms with Gasteiger partial charge in [-0.15, -0.1) is 0 Å². The summed E-state index contributed by atoms with van der Waals surface area (Å²) in [6.07, 6.45) is 0.906. The standard InChI is InChI=1S/C18H16ClFN2O2/c1-22-10-12(11-5-2-3-8-15(11)22)16(23)9-21-18(24)17-13(19)6-4-7-14(17)20/h2-8,10,16,23H,9H2,1H3,(H,21,24)/t16-/m0/s1. The molecule has 0 fully saturated rings. The fraction of sp³-hybridized carbons (Fsp3) is 0.167. The maximum atomic E-state index is 13.7. The van der Waals surface area contributed by atoms with Gasteiger partial charge in [0.25, 0.3) is 5.91 Å². The Bertz CT molecular complexity index is 887. The van der Waals surface area contributed by atoms with Crippen LogP contribution in [-0.2, 0) is 7.05 Å². The van der Waals surface area contributed by atoms with Crippen LogP contribution < -0.4 is 5.32 Å². The van der Waals surface area contributed by atoms with Crippen molar-refractivity contribution in [1.29, 1.82) is 0 Å². The molecular weight excluding hydrogens is 331 g/mol. The van der Waals surface area contributed by atoms with Crippen molar-refractivity contribution in [3.8, 4) is 0 Å². The summed E-state index contributed by atoms with van der Waals surface area (Å²) in [4.78, 5) is 12.1. The van der Waals surface area contributed by atoms with Crippen LogP contribution in [0.15, 0.2) is 48.7 Å². The van der Waals surface area contributed by atoms with Crippen molar-refractivity contribution < 1.29 is 14.3 Å². The maximum Gasteiger partial charge on any atom is 0.255 e. The lowest BCUT2D eigenvalue weighted by molar-refractivity contribution is 0.0913. The van der Waals surface area contributed by atoms with Crippen molar-refractivity contribution in [2.24, 2.45) is 7.05 Å². The third-order valence-corrected chi connectivity index (χ3v) is 4.25. The number of aliphatic hydroxyl groups is 1. The van der Waals surface area contributed by atoms with E-state index in [1.165, 1.54) is 18.2 Å². The number of nitrogens with zero attached hydrogens (tertiary/aromatic N) is 1. The number of halogens is 2. The van der Waals surface area contributed by atoms with Crippen molar-refractivity contribution >= 4 is 28.4 Å². The molecule has 0 aliphatic carbocycles. The van der Waals surface area contributed by atoms with Gasteiger partial charge >= 0.3 is 0 Å². The highest BCUT2D eigenvalue weighted by Crippen LogP contribution is 2.26. The van der Waals surface area contributed by atoms with E-state index in [1.807, 2.05) is 42.1 Å². The van der Waals surface area contributed by atoms with Crippen LogP contribution in [0.1, 0.15) is 22.0 Å². The van der Waals surface area contributed by atoms with Gasteiger partial charge in [-0.2, -0.15) is 0 Å². The van der Waals surface area contributed by atoms with Gasteiger partial charge < -0.3 is 15.0 Å². The van der Waals surface area contributed by atoms with Crippen LogP contribution in [0.25, 0.3) is 10.9 Å². The predicted octanol–water partition coefficient (Wildman–Crippen LogP) is 3.43. The van der Waals surface area contributed by atoms with E-state index in [0.717, 1.165) is 10.9 Å². The number of fused-ring (bicyclic) bond motifs is 1. The second kappa shape index (κ2) is 6.63. The number of hydrogen-bond donors (Lipinski definition) is 2. The number of para-hydroxylation sites is 1. The molecule has 124 valence electrons. The third-order valence-electron chi connectivity index (χ3n) is 3.93. The molecule has 0 saturated heterocycles. The number of aliphatic hydroxyl groups excluding tert-OH is 1. The molecule has 0 bridgehead atoms. The lowest BCUT2D eigenvalue weighted by Gasteiger charge is -2.12. The number of rotatable bonds is 4. The molecule has 0 aliphatic heterocycles. The zero-order chi connectivity index (χ0) is 17.3. The normalized spacial score (nSPS) is 12.3. The van der Waals surface area contributed by atoms with Gasteiger partial charge in [-0.25, -0.2) is 4.39 Å². The first kappa shape index (κ1) is 16.5. The molecule has 24 heavy (non-hydrogen) atoms. The lowest BCUT2D eigenvalue weighted by atomic mass is 10.1. The van der Waals surface area contributed by atoms with E-state index in [0.29, 0.717) is 5.56 Å². The average Bonchev–Trinajstić information content (AvgIpc) is 2.90. The van der Waals surface area contributed by atoms with Crippen molar-refractivity contribution in [3.05, 3.63) is 70.6 Å². The van der Waals surface area contributed by atoms with Crippen LogP contribution in [0.5, 0.6) is 0 Å². The number of aryl methyl sites for hydroxylation is 1. The zero-order valence-corrected chi connectivity index (χ0v) is 13.7. The topological polar surface area (TPSA) is 54.3 Å². The summed E-state index contributed by atoms with van der Waals surface area (Å²) >= 11 is 5.87. The smallest absolute Gasteiger partial charge is 0.255 e. The average molecular weight is 347 g/mol. The summed E-state index contributed by atoms with van der Waals surface area (Å²) < 4.78 is 15.7. The van der Waals surface area contributed by atoms with Crippen LogP contribution in [0.3, 0.4) is 0 Å². The molecule has 0 spiro atoms. The van der Waals surface area contributed by atoms with Crippen molar-refractivity contribution in [2.75, 3.05) is 6.54 Å². The minimum absolute atomic E-state index is 0.0344. The SMILES string of the molecule is Cn1cc([C@@H](O)CNC(=O)c2c(F)cccc2Cl)c2ccccc21. The fourth-order valence-electron chi connectivity index (χ4n) is 2.74. The molecule has 4 nitrogen and oxygen atoms in total. The van der Waals surface area contributed by atoms with E-state index in [4.69, 9.17) is 11.6 Å². The second-order valence-corrected chi connectivity index (χ2v) is 5.94. The number of carbonyl (C=O) groups excluding carboxylic acids is 1. The van der Waals surface area contributed by atoms with Crippen LogP contribution in [0, 0.1) is 5.82 Å². The molecule has 1 atom stereocenters. The van der Waals surface area contributed by atoms with Crippen LogP contribution >= 0.6 is 11.6 Å². The summed E-state index contributed by atoms with van der Waals surface area (Å²) in [5.74, 6) is -1.35. The molecule has 6 heteroatoms. The molecule has 3 rings (SSSR count). The second-order valence-electron chi connectivity index (χ2n) is 5.53. The van der Waals surface area contributed by atoms with E-state index >= 15 is 0 Å². The number of benzene rings is 2. The van der Waals surface area contributed by atoms with Crippen molar-refractivity contribution in [2.45, 2.75) is 6.10 Å². The maximum absolute atomic E-state index is 13.7. The van der Waals surface area contributed by atoms with Gasteiger partial charge in [-0.05, 0) is 18.2 Å². The number of amides is 1. The van der Waals surface area contributed by atoms with Gasteiger partial charge in [0.2, 0.25) is 0 Å². The molecule has 2 aromatic carbocycles. The Hall–Kier alpha value is -2.37. The Morgan fingerprint density at radius 2 is 2.04 bits per heavy atom. The molecule has 1 aromatic heterocycles. The minimum Gasteiger partial charge on any atom is -0.386 e. The summed E-state index contributed by atoms with van der Waals surface area (Å²) in [6.45, 7) is -0.0441. The number of nitrogens with one attached hydrogen (secondary N) is 1. The Morgan fingerprint density at radius 3 is 2.79 bits per heavy atom. The molecule has 3 aromatic rings. The Kier molecular flexibility index (Phi) is 4.55. The first-order valence-electron chi connectivity index (χ1n) is 7.43. The summed E-state index contributed by atoms with van der Waals surface area (Å²) in [5.41, 5.74) is 1.47. The van der Waals surface area contributed by atoms with E-state index in [9.17, 15) is 14.3 Å². The monoisotopic (exact) mass is 346 g/mol. The largest absolute Gasteiger partial charge is 0.386 e. The zero-order valence-electron chi connectivity index (χ0n) is 13.0. The van der Waals surface area contributed by atoms with E-state index in [-0.39, 0.29) is 17.1 Å². The number of hydrogen-bond acceptors (Lipinski definition) is 2. The van der Waals surface area contributed by atoms with Gasteiger partial charge in [0, 0.05) is 36.3 Å². The third kappa shape index (κ3) is 3.00. The summed E-state index contributed by atoms with van der Waals surface area (Å²) in [5, 5.41) is 13.9. The summed E-state index contributed by atoms with van der Waals surface area (Å²) in [7, 11) is 1.89. The van der Waals surface area contributed by atoms with E-state index < -0.39 is 17.8 Å². The lowest BCUT2D eigenvalue weighted by Crippen LogP contribution is -2.29. The van der Waals surface area contributed by atoms with Crippen LogP contribution in [-0.4, -0.2) is 22.1 Å². The molecular formula is C18H16ClFN2O2. The Balaban J connectivity index is 1.78. The highest BCUT2D eigenvalue weighted by molar-refractivity contribution is 6.33. The van der Waals surface area contributed by atoms with Crippen LogP contribution in [0.4, 0.5) is 4.39 Å². The first-order valence-corrected chi connectivity index (χ1v) is 7.81. The van der Waals surface area contributed by atoms with Gasteiger partial charge in [0.15, 0.2) is 0 Å². The van der Waals surface area contributed by atoms with Gasteiger partial charge in [-0.3, -0.25) is 4.79 Å². The minimum atomic E-state index is -0.911. The number of aromatic nitrogens is 1. The highest BCUT2D eigenvalue weighted by atomic mass is 35.5. The summed E-state index contributed by atoms with van der Waals surface area (Å²) in [6, 6.07) is 11.7. The molecule has 0 unspecified atom stereocenters. The van der Waals surface area contributed by atoms with E-state index in [2.05, 4.69) is 5.32 Å². The molecule has 1 amide bonds. The molecule has 2 N–H and O–H groups in total.